The number of anilines is 1. The lowest BCUT2D eigenvalue weighted by atomic mass is 9.90. The van der Waals surface area contributed by atoms with E-state index in [9.17, 15) is 42.0 Å². The molecular formula is C56H65N9O10S. The Morgan fingerprint density at radius 1 is 0.803 bits per heavy atom. The molecule has 0 aliphatic carbocycles. The average molecular weight is 1060 g/mol. The third-order valence-corrected chi connectivity index (χ3v) is 13.2. The maximum absolute atomic E-state index is 14.0. The minimum absolute atomic E-state index is 0.0864. The summed E-state index contributed by atoms with van der Waals surface area (Å²) >= 11 is 0. The molecule has 19 nitrogen and oxygen atoms in total. The number of phenolic OH excluding ortho intramolecular Hbond substituents is 1. The van der Waals surface area contributed by atoms with Crippen LogP contribution in [-0.4, -0.2) is 86.6 Å². The number of carbonyl (C=O) groups excluding carboxylic acids is 4. The normalized spacial score (nSPS) is 12.1. The second-order valence-corrected chi connectivity index (χ2v) is 19.2. The van der Waals surface area contributed by atoms with Crippen molar-refractivity contribution in [3.63, 3.8) is 0 Å². The monoisotopic (exact) mass is 1060 g/mol. The summed E-state index contributed by atoms with van der Waals surface area (Å²) in [5, 5.41) is 24.0. The number of aromatic hydroxyl groups is 1. The Kier molecular flexibility index (Phi) is 21.2. The first-order valence-electron chi connectivity index (χ1n) is 25.2. The molecule has 6 rings (SSSR count). The third kappa shape index (κ3) is 17.4. The summed E-state index contributed by atoms with van der Waals surface area (Å²) in [6.07, 6.45) is 6.83. The number of carbonyl (C=O) groups is 4. The zero-order valence-corrected chi connectivity index (χ0v) is 43.4. The Balaban J connectivity index is 0.926. The molecule has 0 spiro atoms. The number of aryl methyl sites for hydroxylation is 1. The van der Waals surface area contributed by atoms with Crippen molar-refractivity contribution in [1.29, 1.82) is 0 Å². The predicted molar refractivity (Wildman–Crippen MR) is 290 cm³/mol. The van der Waals surface area contributed by atoms with Crippen molar-refractivity contribution in [2.24, 2.45) is 10.7 Å². The molecule has 0 unspecified atom stereocenters. The van der Waals surface area contributed by atoms with Crippen LogP contribution in [0.3, 0.4) is 0 Å². The molecule has 4 aromatic carbocycles. The van der Waals surface area contributed by atoms with Gasteiger partial charge in [0.2, 0.25) is 23.4 Å². The van der Waals surface area contributed by atoms with Crippen LogP contribution in [0.5, 0.6) is 5.75 Å². The Hall–Kier alpha value is -8.36. The number of nitrogens with two attached hydrogens (primary N) is 1. The van der Waals surface area contributed by atoms with E-state index in [1.807, 2.05) is 92.7 Å². The van der Waals surface area contributed by atoms with E-state index in [0.29, 0.717) is 43.5 Å². The molecule has 0 aliphatic heterocycles. The Morgan fingerprint density at radius 2 is 1.49 bits per heavy atom. The number of nitrogens with one attached hydrogen (secondary N) is 5. The Morgan fingerprint density at radius 3 is 2.16 bits per heavy atom. The van der Waals surface area contributed by atoms with Crippen molar-refractivity contribution in [1.82, 2.24) is 26.6 Å². The summed E-state index contributed by atoms with van der Waals surface area (Å²) in [6, 6.07) is 33.5. The lowest BCUT2D eigenvalue weighted by molar-refractivity contribution is -0.700. The summed E-state index contributed by atoms with van der Waals surface area (Å²) in [6.45, 7) is 6.52. The average Bonchev–Trinajstić information content (AvgIpc) is 3.40. The van der Waals surface area contributed by atoms with Crippen LogP contribution in [0.15, 0.2) is 147 Å². The van der Waals surface area contributed by atoms with Gasteiger partial charge in [-0.25, -0.2) is 18.0 Å². The standard InChI is InChI=1S/C56H65N9O10S/c1-3-64(4-2)45-26-23-42-35-43(54(70)75-49(42)36-45)24-25-44-27-30-47(76(72,73)74)38-65(44)34-13-7-12-20-50(67)58-32-33-60-56(71)63-55(57)59-31-14-19-48(52(68)61-37-39-21-28-46(66)29-22-39)62-53(69)51(40-15-8-5-9-16-40)41-17-10-6-11-18-41/h5-6,8-11,15-18,21-30,35-36,38,48,51H,3-4,7,12-14,19-20,31-34,37H2,1-2H3,(H8-,57,58,59,60,61,62,63,66,67,68,69,71,72,73,74)/t48-/m0/s1. The molecule has 2 heterocycles. The zero-order chi connectivity index (χ0) is 54.5. The van der Waals surface area contributed by atoms with Crippen LogP contribution in [0.2, 0.25) is 0 Å². The van der Waals surface area contributed by atoms with Gasteiger partial charge in [0.15, 0.2) is 12.2 Å². The minimum atomic E-state index is -4.75. The molecule has 1 atom stereocenters. The first-order valence-corrected chi connectivity index (χ1v) is 26.6. The van der Waals surface area contributed by atoms with Crippen LogP contribution in [0.4, 0.5) is 10.5 Å². The number of phenols is 1. The van der Waals surface area contributed by atoms with E-state index >= 15 is 0 Å². The summed E-state index contributed by atoms with van der Waals surface area (Å²) in [5.74, 6) is -1.77. The van der Waals surface area contributed by atoms with E-state index in [-0.39, 0.29) is 68.1 Å². The molecule has 0 bridgehead atoms. The van der Waals surface area contributed by atoms with Gasteiger partial charge in [0.1, 0.15) is 38.9 Å². The highest BCUT2D eigenvalue weighted by Crippen LogP contribution is 2.26. The fraction of sp³-hybridized carbons (Fsp3) is 0.304. The van der Waals surface area contributed by atoms with Crippen LogP contribution < -0.4 is 47.4 Å². The molecule has 8 N–H and O–H groups in total. The number of guanidine groups is 1. The van der Waals surface area contributed by atoms with E-state index in [0.717, 1.165) is 40.9 Å². The number of amides is 5. The fourth-order valence-corrected chi connectivity index (χ4v) is 8.85. The number of urea groups is 1. The van der Waals surface area contributed by atoms with Crippen LogP contribution in [0.1, 0.15) is 86.2 Å². The number of aromatic nitrogens is 1. The molecule has 76 heavy (non-hydrogen) atoms. The maximum atomic E-state index is 14.0. The van der Waals surface area contributed by atoms with Gasteiger partial charge < -0.3 is 46.0 Å². The second kappa shape index (κ2) is 28.3. The number of pyridine rings is 1. The van der Waals surface area contributed by atoms with E-state index in [1.165, 1.54) is 30.5 Å². The summed E-state index contributed by atoms with van der Waals surface area (Å²) < 4.78 is 42.9. The number of rotatable bonds is 26. The lowest BCUT2D eigenvalue weighted by Crippen LogP contribution is -2.48. The van der Waals surface area contributed by atoms with Gasteiger partial charge in [-0.2, -0.15) is 4.57 Å². The van der Waals surface area contributed by atoms with Gasteiger partial charge in [0, 0.05) is 81.4 Å². The van der Waals surface area contributed by atoms with Crippen molar-refractivity contribution in [2.75, 3.05) is 37.6 Å². The molecule has 2 aromatic heterocycles. The highest BCUT2D eigenvalue weighted by atomic mass is 32.2. The summed E-state index contributed by atoms with van der Waals surface area (Å²) in [4.78, 5) is 71.6. The molecule has 0 fully saturated rings. The van der Waals surface area contributed by atoms with Crippen LogP contribution >= 0.6 is 0 Å². The van der Waals surface area contributed by atoms with Crippen LogP contribution in [0, 0.1) is 0 Å². The third-order valence-electron chi connectivity index (χ3n) is 12.4. The molecule has 0 aliphatic rings. The fourth-order valence-electron chi connectivity index (χ4n) is 8.36. The van der Waals surface area contributed by atoms with Gasteiger partial charge in [-0.1, -0.05) is 72.8 Å². The second-order valence-electron chi connectivity index (χ2n) is 17.8. The van der Waals surface area contributed by atoms with Gasteiger partial charge in [0.25, 0.3) is 0 Å². The van der Waals surface area contributed by atoms with Crippen molar-refractivity contribution < 1.29 is 46.2 Å². The molecule has 0 saturated heterocycles. The van der Waals surface area contributed by atoms with Crippen LogP contribution in [0.25, 0.3) is 23.1 Å². The topological polar surface area (TPSA) is 282 Å². The van der Waals surface area contributed by atoms with Gasteiger partial charge >= 0.3 is 11.7 Å². The number of unbranched alkanes of at least 4 members (excludes halogenated alkanes) is 2. The van der Waals surface area contributed by atoms with Gasteiger partial charge in [-0.15, -0.1) is 0 Å². The summed E-state index contributed by atoms with van der Waals surface area (Å²) in [7, 11) is -4.75. The van der Waals surface area contributed by atoms with Crippen molar-refractivity contribution >= 4 is 68.6 Å². The quantitative estimate of drug-likeness (QED) is 0.00897. The highest BCUT2D eigenvalue weighted by molar-refractivity contribution is 7.85. The van der Waals surface area contributed by atoms with Gasteiger partial charge in [-0.05, 0) is 98.7 Å². The number of hydrogen-bond acceptors (Lipinski definition) is 12. The molecule has 20 heteroatoms. The number of hydrogen-bond donors (Lipinski definition) is 7. The highest BCUT2D eigenvalue weighted by Gasteiger charge is 2.28. The molecule has 0 saturated carbocycles. The first kappa shape index (κ1) is 56.9. The molecular weight excluding hydrogens is 991 g/mol. The number of nitrogens with zero attached hydrogens (tertiary/aromatic N) is 3. The zero-order valence-electron chi connectivity index (χ0n) is 42.6. The lowest BCUT2D eigenvalue weighted by Gasteiger charge is -2.23. The van der Waals surface area contributed by atoms with E-state index < -0.39 is 44.5 Å². The Labute approximate surface area is 442 Å². The molecule has 0 radical (unpaired) electrons. The van der Waals surface area contributed by atoms with E-state index in [2.05, 4.69) is 36.5 Å². The van der Waals surface area contributed by atoms with E-state index in [1.54, 1.807) is 34.9 Å². The van der Waals surface area contributed by atoms with Gasteiger partial charge in [0.05, 0.1) is 11.5 Å². The molecule has 400 valence electrons. The largest absolute Gasteiger partial charge is 0.744 e. The van der Waals surface area contributed by atoms with E-state index in [4.69, 9.17) is 10.2 Å². The van der Waals surface area contributed by atoms with Crippen molar-refractivity contribution in [2.45, 2.75) is 82.3 Å². The molecule has 5 amide bonds. The maximum Gasteiger partial charge on any atom is 0.343 e. The molecule has 6 aromatic rings. The smallest absolute Gasteiger partial charge is 0.343 e. The number of aliphatic imine (C=N–C) groups is 1. The summed E-state index contributed by atoms with van der Waals surface area (Å²) in [5.41, 5.74) is 9.95. The predicted octanol–water partition coefficient (Wildman–Crippen LogP) is 5.41. The van der Waals surface area contributed by atoms with Crippen molar-refractivity contribution in [3.05, 3.63) is 166 Å². The van der Waals surface area contributed by atoms with Crippen molar-refractivity contribution in [3.8, 4) is 5.75 Å². The van der Waals surface area contributed by atoms with Gasteiger partial charge in [-0.3, -0.25) is 24.7 Å². The van der Waals surface area contributed by atoms with Crippen LogP contribution in [-0.2, 0) is 37.6 Å². The minimum Gasteiger partial charge on any atom is -0.744 e. The Bertz CT molecular complexity index is 3110. The number of fused-ring (bicyclic) bond motifs is 1. The first-order chi connectivity index (χ1) is 36.6. The number of benzene rings is 4. The SMILES string of the molecule is CCN(CC)c1ccc2cc(/C=C/c3ccc(S(=O)(=O)[O-])c[n+]3CCCCCC(=O)NCCNC(=O)NC(N)=NCCC[C@H](NC(=O)C(c3ccccc3)c3ccccc3)C(=O)NCc3ccc(O)cc3)c(=O)oc2c1.